The highest BCUT2D eigenvalue weighted by Crippen LogP contribution is 2.24. The Balaban J connectivity index is 3.30. The molecule has 0 rings (SSSR count). The second-order valence-electron chi connectivity index (χ2n) is 6.26. The molecule has 1 nitrogen and oxygen atoms in total. The second kappa shape index (κ2) is 13.0. The molecule has 0 heterocycles. The molecule has 1 heteroatoms. The fourth-order valence-corrected chi connectivity index (χ4v) is 2.89. The van der Waals surface area contributed by atoms with Crippen molar-refractivity contribution in [3.63, 3.8) is 0 Å². The predicted molar refractivity (Wildman–Crippen MR) is 86.6 cm³/mol. The van der Waals surface area contributed by atoms with Crippen LogP contribution in [-0.4, -0.2) is 10.7 Å². The van der Waals surface area contributed by atoms with Gasteiger partial charge in [0.1, 0.15) is 0 Å². The fourth-order valence-electron chi connectivity index (χ4n) is 2.89. The Kier molecular flexibility index (Phi) is 12.9. The van der Waals surface area contributed by atoms with Gasteiger partial charge in [0.25, 0.3) is 0 Å². The SMILES string of the molecule is CCCCCCCCCCCCC(O)(CC)CCC. The maximum Gasteiger partial charge on any atom is 0.0645 e. The summed E-state index contributed by atoms with van der Waals surface area (Å²) in [7, 11) is 0. The minimum absolute atomic E-state index is 0.366. The zero-order chi connectivity index (χ0) is 14.4. The van der Waals surface area contributed by atoms with Gasteiger partial charge in [-0.2, -0.15) is 0 Å². The van der Waals surface area contributed by atoms with Crippen LogP contribution < -0.4 is 0 Å². The molecule has 0 fully saturated rings. The molecule has 0 amide bonds. The Morgan fingerprint density at radius 3 is 1.47 bits per heavy atom. The zero-order valence-electron chi connectivity index (χ0n) is 13.8. The Labute approximate surface area is 122 Å². The van der Waals surface area contributed by atoms with Crippen molar-refractivity contribution in [2.75, 3.05) is 0 Å². The van der Waals surface area contributed by atoms with E-state index in [1.165, 1.54) is 64.2 Å². The van der Waals surface area contributed by atoms with Crippen LogP contribution in [0.15, 0.2) is 0 Å². The van der Waals surface area contributed by atoms with E-state index in [-0.39, 0.29) is 5.60 Å². The standard InChI is InChI=1S/C18H38O/c1-4-7-8-9-10-11-12-13-14-15-17-18(19,6-3)16-5-2/h19H,4-17H2,1-3H3. The van der Waals surface area contributed by atoms with E-state index in [2.05, 4.69) is 20.8 Å². The summed E-state index contributed by atoms with van der Waals surface area (Å²) in [5.41, 5.74) is -0.366. The third-order valence-electron chi connectivity index (χ3n) is 4.37. The van der Waals surface area contributed by atoms with E-state index in [1.54, 1.807) is 0 Å². The van der Waals surface area contributed by atoms with Gasteiger partial charge in [-0.05, 0) is 19.3 Å². The van der Waals surface area contributed by atoms with Crippen LogP contribution >= 0.6 is 0 Å². The average molecular weight is 271 g/mol. The Bertz CT molecular complexity index is 179. The van der Waals surface area contributed by atoms with Crippen molar-refractivity contribution in [3.8, 4) is 0 Å². The summed E-state index contributed by atoms with van der Waals surface area (Å²) in [5, 5.41) is 10.3. The molecular weight excluding hydrogens is 232 g/mol. The first kappa shape index (κ1) is 19.0. The minimum atomic E-state index is -0.366. The molecule has 0 aliphatic heterocycles. The van der Waals surface area contributed by atoms with E-state index in [1.807, 2.05) is 0 Å². The lowest BCUT2D eigenvalue weighted by molar-refractivity contribution is 0.0158. The van der Waals surface area contributed by atoms with Crippen LogP contribution in [0.1, 0.15) is 111 Å². The first-order valence-corrected chi connectivity index (χ1v) is 8.91. The monoisotopic (exact) mass is 270 g/mol. The molecule has 0 aliphatic carbocycles. The summed E-state index contributed by atoms with van der Waals surface area (Å²) < 4.78 is 0. The summed E-state index contributed by atoms with van der Waals surface area (Å²) in [6, 6.07) is 0. The molecule has 0 radical (unpaired) electrons. The smallest absolute Gasteiger partial charge is 0.0645 e. The molecule has 1 N–H and O–H groups in total. The third kappa shape index (κ3) is 11.5. The quantitative estimate of drug-likeness (QED) is 0.370. The number of hydrogen-bond donors (Lipinski definition) is 1. The molecule has 0 bridgehead atoms. The van der Waals surface area contributed by atoms with E-state index in [0.717, 1.165) is 25.7 Å². The summed E-state index contributed by atoms with van der Waals surface area (Å²) in [5.74, 6) is 0. The van der Waals surface area contributed by atoms with E-state index in [9.17, 15) is 5.11 Å². The number of hydrogen-bond acceptors (Lipinski definition) is 1. The molecule has 116 valence electrons. The van der Waals surface area contributed by atoms with Crippen molar-refractivity contribution in [3.05, 3.63) is 0 Å². The van der Waals surface area contributed by atoms with Gasteiger partial charge < -0.3 is 5.11 Å². The van der Waals surface area contributed by atoms with Crippen molar-refractivity contribution in [2.24, 2.45) is 0 Å². The van der Waals surface area contributed by atoms with Gasteiger partial charge in [0.05, 0.1) is 5.60 Å². The highest BCUT2D eigenvalue weighted by Gasteiger charge is 2.22. The summed E-state index contributed by atoms with van der Waals surface area (Å²) >= 11 is 0. The third-order valence-corrected chi connectivity index (χ3v) is 4.37. The normalized spacial score (nSPS) is 14.5. The zero-order valence-corrected chi connectivity index (χ0v) is 13.8. The van der Waals surface area contributed by atoms with Crippen molar-refractivity contribution in [1.29, 1.82) is 0 Å². The van der Waals surface area contributed by atoms with Crippen molar-refractivity contribution < 1.29 is 5.11 Å². The minimum Gasteiger partial charge on any atom is -0.390 e. The lowest BCUT2D eigenvalue weighted by Gasteiger charge is -2.26. The van der Waals surface area contributed by atoms with E-state index >= 15 is 0 Å². The van der Waals surface area contributed by atoms with Gasteiger partial charge in [-0.25, -0.2) is 0 Å². The van der Waals surface area contributed by atoms with Gasteiger partial charge in [0.2, 0.25) is 0 Å². The molecule has 0 aromatic rings. The first-order chi connectivity index (χ1) is 9.18. The van der Waals surface area contributed by atoms with Crippen molar-refractivity contribution >= 4 is 0 Å². The van der Waals surface area contributed by atoms with E-state index in [4.69, 9.17) is 0 Å². The van der Waals surface area contributed by atoms with Crippen LogP contribution in [0.3, 0.4) is 0 Å². The van der Waals surface area contributed by atoms with E-state index in [0.29, 0.717) is 0 Å². The van der Waals surface area contributed by atoms with Gasteiger partial charge in [-0.3, -0.25) is 0 Å². The largest absolute Gasteiger partial charge is 0.390 e. The number of unbranched alkanes of at least 4 members (excludes halogenated alkanes) is 9. The lowest BCUT2D eigenvalue weighted by Crippen LogP contribution is -2.27. The highest BCUT2D eigenvalue weighted by molar-refractivity contribution is 4.75. The molecule has 0 spiro atoms. The maximum atomic E-state index is 10.3. The van der Waals surface area contributed by atoms with Gasteiger partial charge in [0, 0.05) is 0 Å². The summed E-state index contributed by atoms with van der Waals surface area (Å²) in [6.07, 6.45) is 17.7. The molecule has 0 saturated carbocycles. The molecule has 0 saturated heterocycles. The van der Waals surface area contributed by atoms with Crippen LogP contribution in [0.4, 0.5) is 0 Å². The van der Waals surface area contributed by atoms with Gasteiger partial charge in [-0.15, -0.1) is 0 Å². The van der Waals surface area contributed by atoms with Crippen LogP contribution in [-0.2, 0) is 0 Å². The summed E-state index contributed by atoms with van der Waals surface area (Å²) in [4.78, 5) is 0. The molecule has 0 aliphatic rings. The van der Waals surface area contributed by atoms with Crippen LogP contribution in [0.5, 0.6) is 0 Å². The van der Waals surface area contributed by atoms with Crippen LogP contribution in [0.25, 0.3) is 0 Å². The van der Waals surface area contributed by atoms with Gasteiger partial charge >= 0.3 is 0 Å². The highest BCUT2D eigenvalue weighted by atomic mass is 16.3. The molecule has 1 unspecified atom stereocenters. The Morgan fingerprint density at radius 2 is 1.05 bits per heavy atom. The Hall–Kier alpha value is -0.0400. The Morgan fingerprint density at radius 1 is 0.579 bits per heavy atom. The number of rotatable bonds is 14. The maximum absolute atomic E-state index is 10.3. The fraction of sp³-hybridized carbons (Fsp3) is 1.00. The molecular formula is C18H38O. The van der Waals surface area contributed by atoms with E-state index < -0.39 is 0 Å². The van der Waals surface area contributed by atoms with Gasteiger partial charge in [-0.1, -0.05) is 91.4 Å². The lowest BCUT2D eigenvalue weighted by atomic mass is 9.89. The van der Waals surface area contributed by atoms with Gasteiger partial charge in [0.15, 0.2) is 0 Å². The predicted octanol–water partition coefficient (Wildman–Crippen LogP) is 6.24. The van der Waals surface area contributed by atoms with Crippen molar-refractivity contribution in [1.82, 2.24) is 0 Å². The topological polar surface area (TPSA) is 20.2 Å². The second-order valence-corrected chi connectivity index (χ2v) is 6.26. The molecule has 0 aromatic carbocycles. The molecule has 1 atom stereocenters. The van der Waals surface area contributed by atoms with Crippen molar-refractivity contribution in [2.45, 2.75) is 116 Å². The van der Waals surface area contributed by atoms with Crippen LogP contribution in [0.2, 0.25) is 0 Å². The first-order valence-electron chi connectivity index (χ1n) is 8.91. The molecule has 19 heavy (non-hydrogen) atoms. The molecule has 0 aromatic heterocycles. The average Bonchev–Trinajstić information content (AvgIpc) is 2.41. The summed E-state index contributed by atoms with van der Waals surface area (Å²) in [6.45, 7) is 6.56. The van der Waals surface area contributed by atoms with Crippen LogP contribution in [0, 0.1) is 0 Å². The number of aliphatic hydroxyl groups is 1.